The number of aryl methyl sites for hydroxylation is 1. The molecule has 2 aromatic heterocycles. The lowest BCUT2D eigenvalue weighted by Crippen LogP contribution is -2.28. The van der Waals surface area contributed by atoms with Gasteiger partial charge >= 0.3 is 0 Å². The predicted octanol–water partition coefficient (Wildman–Crippen LogP) is 4.95. The average Bonchev–Trinajstić information content (AvgIpc) is 3.71. The van der Waals surface area contributed by atoms with Gasteiger partial charge in [-0.05, 0) is 73.9 Å². The van der Waals surface area contributed by atoms with Gasteiger partial charge in [0.1, 0.15) is 34.5 Å². The fourth-order valence-corrected chi connectivity index (χ4v) is 5.32. The van der Waals surface area contributed by atoms with Gasteiger partial charge in [0, 0.05) is 23.9 Å². The molecule has 2 unspecified atom stereocenters. The van der Waals surface area contributed by atoms with E-state index in [1.165, 1.54) is 24.3 Å². The third-order valence-corrected chi connectivity index (χ3v) is 7.65. The zero-order valence-electron chi connectivity index (χ0n) is 21.5. The first-order valence-electron chi connectivity index (χ1n) is 13.1. The summed E-state index contributed by atoms with van der Waals surface area (Å²) in [5.41, 5.74) is 9.10. The quantitative estimate of drug-likeness (QED) is 0.323. The molecule has 4 aromatic rings. The largest absolute Gasteiger partial charge is 0.394 e. The van der Waals surface area contributed by atoms with Crippen molar-refractivity contribution in [3.8, 4) is 11.3 Å². The Bertz CT molecular complexity index is 1580. The van der Waals surface area contributed by atoms with E-state index in [-0.39, 0.29) is 35.7 Å². The molecule has 0 radical (unpaired) electrons. The molecular weight excluding hydrogens is 504 g/mol. The number of ether oxygens (including phenoxy) is 1. The number of nitrogens with two attached hydrogens (primary N) is 1. The highest BCUT2D eigenvalue weighted by Crippen LogP contribution is 2.40. The van der Waals surface area contributed by atoms with E-state index in [0.29, 0.717) is 47.1 Å². The lowest BCUT2D eigenvalue weighted by Gasteiger charge is -2.27. The molecule has 8 nitrogen and oxygen atoms in total. The van der Waals surface area contributed by atoms with Gasteiger partial charge in [-0.1, -0.05) is 6.07 Å². The molecule has 0 spiro atoms. The number of benzene rings is 2. The first-order valence-corrected chi connectivity index (χ1v) is 13.1. The van der Waals surface area contributed by atoms with Crippen LogP contribution >= 0.6 is 0 Å². The minimum Gasteiger partial charge on any atom is -0.394 e. The van der Waals surface area contributed by atoms with Crippen molar-refractivity contribution >= 4 is 22.9 Å². The molecule has 2 atom stereocenters. The first kappa shape index (κ1) is 25.4. The number of hydrogen-bond donors (Lipinski definition) is 3. The molecular formula is C29H29F2N5O3. The monoisotopic (exact) mass is 533 g/mol. The van der Waals surface area contributed by atoms with Crippen LogP contribution < -0.4 is 11.1 Å². The molecule has 6 rings (SSSR count). The van der Waals surface area contributed by atoms with Crippen LogP contribution in [0.15, 0.2) is 42.7 Å². The number of imidazole rings is 1. The first-order chi connectivity index (χ1) is 18.8. The van der Waals surface area contributed by atoms with E-state index >= 15 is 4.39 Å². The Morgan fingerprint density at radius 1 is 1.15 bits per heavy atom. The summed E-state index contributed by atoms with van der Waals surface area (Å²) in [6, 6.07) is 7.39. The number of aliphatic hydroxyl groups is 1. The lowest BCUT2D eigenvalue weighted by molar-refractivity contribution is -0.0282. The number of aromatic nitrogens is 3. The van der Waals surface area contributed by atoms with Crippen molar-refractivity contribution in [3.63, 3.8) is 0 Å². The number of carbonyl (C=O) groups is 1. The summed E-state index contributed by atoms with van der Waals surface area (Å²) >= 11 is 0. The van der Waals surface area contributed by atoms with Gasteiger partial charge in [0.25, 0.3) is 5.91 Å². The van der Waals surface area contributed by atoms with Crippen LogP contribution in [-0.4, -0.2) is 44.7 Å². The second kappa shape index (κ2) is 10.0. The number of fused-ring (bicyclic) bond motifs is 1. The molecule has 2 aromatic carbocycles. The van der Waals surface area contributed by atoms with Gasteiger partial charge in [-0.25, -0.2) is 18.7 Å². The average molecular weight is 534 g/mol. The fourth-order valence-electron chi connectivity index (χ4n) is 5.32. The number of nitrogen functional groups attached to an aromatic ring is 1. The number of rotatable bonds is 6. The molecule has 1 saturated carbocycles. The maximum atomic E-state index is 15.4. The maximum Gasteiger partial charge on any atom is 0.258 e. The van der Waals surface area contributed by atoms with Crippen molar-refractivity contribution in [2.24, 2.45) is 0 Å². The van der Waals surface area contributed by atoms with Crippen LogP contribution in [0.4, 0.5) is 20.3 Å². The van der Waals surface area contributed by atoms with Crippen molar-refractivity contribution in [1.29, 1.82) is 0 Å². The van der Waals surface area contributed by atoms with E-state index in [9.17, 15) is 14.3 Å². The van der Waals surface area contributed by atoms with Crippen molar-refractivity contribution in [2.75, 3.05) is 24.3 Å². The normalized spacial score (nSPS) is 19.4. The summed E-state index contributed by atoms with van der Waals surface area (Å²) < 4.78 is 37.6. The van der Waals surface area contributed by atoms with Crippen molar-refractivity contribution in [3.05, 3.63) is 76.9 Å². The Morgan fingerprint density at radius 3 is 2.64 bits per heavy atom. The molecule has 2 aliphatic rings. The van der Waals surface area contributed by atoms with Crippen LogP contribution in [0.2, 0.25) is 0 Å². The summed E-state index contributed by atoms with van der Waals surface area (Å²) in [5, 5.41) is 11.9. The molecule has 1 saturated heterocycles. The van der Waals surface area contributed by atoms with Gasteiger partial charge in [-0.2, -0.15) is 0 Å². The van der Waals surface area contributed by atoms with E-state index in [0.717, 1.165) is 24.8 Å². The number of nitrogens with zero attached hydrogens (tertiary/aromatic N) is 3. The standard InChI is InChI=1S/C29H29F2N5O3/c1-15-10-24(34-29(38)20-7-5-17(11-22(20)30)16-2-3-16)23(31)12-21(15)25-26-27(32)33-8-9-36(26)28(35-25)18-4-6-19(13-37)39-14-18/h5,7-12,16,18-19,37H,2-4,6,13-14H2,1H3,(H2,32,33)(H,34,38). The summed E-state index contributed by atoms with van der Waals surface area (Å²) in [6.45, 7) is 2.14. The van der Waals surface area contributed by atoms with Crippen LogP contribution in [0.3, 0.4) is 0 Å². The maximum absolute atomic E-state index is 15.4. The minimum absolute atomic E-state index is 0.0308. The van der Waals surface area contributed by atoms with Gasteiger partial charge in [-0.3, -0.25) is 9.20 Å². The van der Waals surface area contributed by atoms with Crippen LogP contribution in [0.25, 0.3) is 16.8 Å². The topological polar surface area (TPSA) is 115 Å². The Labute approximate surface area is 223 Å². The molecule has 39 heavy (non-hydrogen) atoms. The summed E-state index contributed by atoms with van der Waals surface area (Å²) in [6.07, 6.45) is 6.66. The highest BCUT2D eigenvalue weighted by atomic mass is 19.1. The van der Waals surface area contributed by atoms with Crippen LogP contribution in [0.1, 0.15) is 64.8 Å². The number of halogens is 2. The molecule has 10 heteroatoms. The van der Waals surface area contributed by atoms with E-state index in [1.807, 2.05) is 4.40 Å². The molecule has 1 aliphatic heterocycles. The van der Waals surface area contributed by atoms with Crippen LogP contribution in [0, 0.1) is 18.6 Å². The van der Waals surface area contributed by atoms with Crippen LogP contribution in [0.5, 0.6) is 0 Å². The third kappa shape index (κ3) is 4.74. The molecule has 1 amide bonds. The molecule has 3 heterocycles. The van der Waals surface area contributed by atoms with E-state index in [1.54, 1.807) is 25.4 Å². The summed E-state index contributed by atoms with van der Waals surface area (Å²) in [4.78, 5) is 21.9. The molecule has 202 valence electrons. The highest BCUT2D eigenvalue weighted by Gasteiger charge is 2.29. The summed E-state index contributed by atoms with van der Waals surface area (Å²) in [7, 11) is 0. The van der Waals surface area contributed by atoms with Gasteiger partial charge in [0.2, 0.25) is 0 Å². The van der Waals surface area contributed by atoms with E-state index in [2.05, 4.69) is 10.3 Å². The fraction of sp³-hybridized carbons (Fsp3) is 0.345. The number of nitrogens with one attached hydrogen (secondary N) is 1. The van der Waals surface area contributed by atoms with Crippen LogP contribution in [-0.2, 0) is 4.74 Å². The van der Waals surface area contributed by atoms with Crippen molar-refractivity contribution in [2.45, 2.75) is 50.5 Å². The van der Waals surface area contributed by atoms with Gasteiger partial charge in [-0.15, -0.1) is 0 Å². The Kier molecular flexibility index (Phi) is 6.52. The number of hydrogen-bond acceptors (Lipinski definition) is 6. The highest BCUT2D eigenvalue weighted by molar-refractivity contribution is 6.04. The summed E-state index contributed by atoms with van der Waals surface area (Å²) in [5.74, 6) is -0.746. The molecule has 4 N–H and O–H groups in total. The molecule has 0 bridgehead atoms. The molecule has 1 aliphatic carbocycles. The van der Waals surface area contributed by atoms with Gasteiger partial charge in [0.15, 0.2) is 0 Å². The second-order valence-electron chi connectivity index (χ2n) is 10.4. The minimum atomic E-state index is -0.720. The predicted molar refractivity (Wildman–Crippen MR) is 143 cm³/mol. The molecule has 2 fully saturated rings. The Balaban J connectivity index is 1.32. The third-order valence-electron chi connectivity index (χ3n) is 7.65. The lowest BCUT2D eigenvalue weighted by atomic mass is 9.98. The number of aliphatic hydroxyl groups excluding tert-OH is 1. The second-order valence-corrected chi connectivity index (χ2v) is 10.4. The van der Waals surface area contributed by atoms with Crippen molar-refractivity contribution < 1.29 is 23.4 Å². The van der Waals surface area contributed by atoms with E-state index in [4.69, 9.17) is 15.5 Å². The Morgan fingerprint density at radius 2 is 1.95 bits per heavy atom. The smallest absolute Gasteiger partial charge is 0.258 e. The van der Waals surface area contributed by atoms with E-state index < -0.39 is 17.5 Å². The number of carbonyl (C=O) groups excluding carboxylic acids is 1. The number of amides is 1. The van der Waals surface area contributed by atoms with Gasteiger partial charge in [0.05, 0.1) is 30.6 Å². The van der Waals surface area contributed by atoms with Crippen molar-refractivity contribution in [1.82, 2.24) is 14.4 Å². The zero-order valence-corrected chi connectivity index (χ0v) is 21.5. The van der Waals surface area contributed by atoms with Gasteiger partial charge < -0.3 is 20.9 Å². The SMILES string of the molecule is Cc1cc(NC(=O)c2ccc(C3CC3)cc2F)c(F)cc1-c1nc(C2CCC(CO)OC2)n2ccnc(N)c12. The number of anilines is 2. The zero-order chi connectivity index (χ0) is 27.3. The Hall–Kier alpha value is -3.89.